The Bertz CT molecular complexity index is 1170. The fourth-order valence-corrected chi connectivity index (χ4v) is 3.72. The third-order valence-electron chi connectivity index (χ3n) is 5.52. The quantitative estimate of drug-likeness (QED) is 0.394. The first kappa shape index (κ1) is 25.0. The molecule has 0 amide bonds. The molecule has 0 aromatic heterocycles. The fraction of sp³-hybridized carbons (Fsp3) is 0.222. The Morgan fingerprint density at radius 2 is 1.00 bits per heavy atom. The predicted octanol–water partition coefficient (Wildman–Crippen LogP) is 3.35. The van der Waals surface area contributed by atoms with E-state index in [-0.39, 0.29) is 16.7 Å². The molecule has 0 aliphatic carbocycles. The van der Waals surface area contributed by atoms with E-state index in [9.17, 15) is 23.9 Å². The number of rotatable bonds is 7. The highest BCUT2D eigenvalue weighted by Gasteiger charge is 2.52. The Morgan fingerprint density at radius 1 is 0.639 bits per heavy atom. The normalized spacial score (nSPS) is 23.3. The molecular formula is C27H23FO8. The maximum Gasteiger partial charge on any atom is 0.338 e. The van der Waals surface area contributed by atoms with Gasteiger partial charge in [0.2, 0.25) is 0 Å². The summed E-state index contributed by atoms with van der Waals surface area (Å²) in [6.45, 7) is -1.18. The zero-order valence-corrected chi connectivity index (χ0v) is 18.9. The molecule has 1 heterocycles. The minimum absolute atomic E-state index is 0.150. The lowest BCUT2D eigenvalue weighted by atomic mass is 9.98. The number of benzene rings is 3. The summed E-state index contributed by atoms with van der Waals surface area (Å²) < 4.78 is 35.8. The summed E-state index contributed by atoms with van der Waals surface area (Å²) >= 11 is 0. The van der Waals surface area contributed by atoms with E-state index in [1.165, 1.54) is 36.4 Å². The van der Waals surface area contributed by atoms with Crippen LogP contribution in [0.3, 0.4) is 0 Å². The third kappa shape index (κ3) is 5.76. The maximum atomic E-state index is 14.0. The number of carbonyl (C=O) groups is 3. The molecule has 1 aliphatic heterocycles. The van der Waals surface area contributed by atoms with Gasteiger partial charge < -0.3 is 24.1 Å². The monoisotopic (exact) mass is 494 g/mol. The van der Waals surface area contributed by atoms with Crippen LogP contribution in [0.2, 0.25) is 0 Å². The molecular weight excluding hydrogens is 471 g/mol. The lowest BCUT2D eigenvalue weighted by Crippen LogP contribution is -2.62. The van der Waals surface area contributed by atoms with Crippen molar-refractivity contribution in [3.05, 3.63) is 108 Å². The summed E-state index contributed by atoms with van der Waals surface area (Å²) in [5.41, 5.74) is 0.465. The molecule has 0 unspecified atom stereocenters. The van der Waals surface area contributed by atoms with Crippen LogP contribution < -0.4 is 0 Å². The first-order valence-electron chi connectivity index (χ1n) is 11.2. The lowest BCUT2D eigenvalue weighted by Gasteiger charge is -2.42. The summed E-state index contributed by atoms with van der Waals surface area (Å²) in [4.78, 5) is 38.4. The predicted molar refractivity (Wildman–Crippen MR) is 124 cm³/mol. The third-order valence-corrected chi connectivity index (χ3v) is 5.52. The average molecular weight is 494 g/mol. The van der Waals surface area contributed by atoms with Gasteiger partial charge in [-0.15, -0.1) is 0 Å². The highest BCUT2D eigenvalue weighted by atomic mass is 19.1. The Labute approximate surface area is 206 Å². The van der Waals surface area contributed by atoms with Crippen molar-refractivity contribution in [2.75, 3.05) is 6.67 Å². The number of esters is 3. The molecule has 186 valence electrons. The van der Waals surface area contributed by atoms with Crippen LogP contribution >= 0.6 is 0 Å². The second-order valence-electron chi connectivity index (χ2n) is 7.93. The molecule has 1 saturated heterocycles. The Morgan fingerprint density at radius 3 is 1.39 bits per heavy atom. The van der Waals surface area contributed by atoms with Crippen LogP contribution in [0.1, 0.15) is 31.1 Å². The first-order valence-corrected chi connectivity index (χ1v) is 11.2. The van der Waals surface area contributed by atoms with E-state index in [0.717, 1.165) is 0 Å². The van der Waals surface area contributed by atoms with Crippen LogP contribution in [-0.2, 0) is 18.9 Å². The molecule has 0 bridgehead atoms. The number of hydrogen-bond donors (Lipinski definition) is 1. The zero-order valence-electron chi connectivity index (χ0n) is 18.9. The van der Waals surface area contributed by atoms with Gasteiger partial charge in [0.15, 0.2) is 24.6 Å². The molecule has 1 aliphatic rings. The van der Waals surface area contributed by atoms with Crippen molar-refractivity contribution in [1.82, 2.24) is 0 Å². The maximum absolute atomic E-state index is 14.0. The fourth-order valence-electron chi connectivity index (χ4n) is 3.72. The van der Waals surface area contributed by atoms with Gasteiger partial charge in [0.05, 0.1) is 16.7 Å². The number of hydrogen-bond acceptors (Lipinski definition) is 8. The van der Waals surface area contributed by atoms with Gasteiger partial charge in [-0.1, -0.05) is 54.6 Å². The van der Waals surface area contributed by atoms with Gasteiger partial charge in [-0.3, -0.25) is 0 Å². The number of ether oxygens (including phenoxy) is 4. The van der Waals surface area contributed by atoms with Crippen molar-refractivity contribution in [3.63, 3.8) is 0 Å². The van der Waals surface area contributed by atoms with E-state index in [2.05, 4.69) is 0 Å². The SMILES string of the molecule is O=C(O[C@@H]1[C@H](OC(=O)c2ccccc2)[C@@H](O)O[C@H](CF)[C@H]1OC(=O)c1ccccc1)c1ccccc1. The molecule has 1 fully saturated rings. The van der Waals surface area contributed by atoms with Crippen LogP contribution in [0.15, 0.2) is 91.0 Å². The van der Waals surface area contributed by atoms with Gasteiger partial charge in [0, 0.05) is 0 Å². The summed E-state index contributed by atoms with van der Waals surface area (Å²) in [7, 11) is 0. The highest BCUT2D eigenvalue weighted by Crippen LogP contribution is 2.30. The molecule has 36 heavy (non-hydrogen) atoms. The highest BCUT2D eigenvalue weighted by molar-refractivity contribution is 5.91. The summed E-state index contributed by atoms with van der Waals surface area (Å²) in [5, 5.41) is 10.6. The largest absolute Gasteiger partial charge is 0.452 e. The number of halogens is 1. The molecule has 3 aromatic carbocycles. The average Bonchev–Trinajstić information content (AvgIpc) is 2.93. The number of aliphatic hydroxyl groups excluding tert-OH is 1. The van der Waals surface area contributed by atoms with Crippen LogP contribution in [0.5, 0.6) is 0 Å². The van der Waals surface area contributed by atoms with Gasteiger partial charge in [-0.05, 0) is 36.4 Å². The van der Waals surface area contributed by atoms with Gasteiger partial charge in [0.25, 0.3) is 0 Å². The molecule has 5 atom stereocenters. The van der Waals surface area contributed by atoms with E-state index in [1.807, 2.05) is 0 Å². The zero-order chi connectivity index (χ0) is 25.5. The summed E-state index contributed by atoms with van der Waals surface area (Å²) in [6.07, 6.45) is -8.09. The lowest BCUT2D eigenvalue weighted by molar-refractivity contribution is -0.281. The van der Waals surface area contributed by atoms with E-state index in [0.29, 0.717) is 0 Å². The standard InChI is InChI=1S/C27H23FO8/c28-16-20-21(34-24(29)17-10-4-1-5-11-17)22(35-25(30)18-12-6-2-7-13-18)23(27(32)33-20)36-26(31)19-14-8-3-9-15-19/h1-15,20-23,27,32H,16H2/t20-,21-,22+,23+,27+/m1/s1. The second-order valence-corrected chi connectivity index (χ2v) is 7.93. The van der Waals surface area contributed by atoms with Gasteiger partial charge in [0.1, 0.15) is 12.8 Å². The van der Waals surface area contributed by atoms with Crippen LogP contribution in [0.25, 0.3) is 0 Å². The number of carbonyl (C=O) groups excluding carboxylic acids is 3. The van der Waals surface area contributed by atoms with Crippen molar-refractivity contribution >= 4 is 17.9 Å². The summed E-state index contributed by atoms with van der Waals surface area (Å²) in [5.74, 6) is -2.54. The van der Waals surface area contributed by atoms with E-state index < -0.39 is 55.3 Å². The van der Waals surface area contributed by atoms with Crippen LogP contribution in [0, 0.1) is 0 Å². The van der Waals surface area contributed by atoms with Crippen molar-refractivity contribution < 1.29 is 42.8 Å². The van der Waals surface area contributed by atoms with Crippen LogP contribution in [-0.4, -0.2) is 60.4 Å². The molecule has 1 N–H and O–H groups in total. The number of alkyl halides is 1. The first-order chi connectivity index (χ1) is 17.5. The molecule has 4 rings (SSSR count). The van der Waals surface area contributed by atoms with Crippen molar-refractivity contribution in [1.29, 1.82) is 0 Å². The van der Waals surface area contributed by atoms with Gasteiger partial charge in [-0.25, -0.2) is 18.8 Å². The van der Waals surface area contributed by atoms with Crippen LogP contribution in [0.4, 0.5) is 4.39 Å². The topological polar surface area (TPSA) is 108 Å². The molecule has 0 spiro atoms. The molecule has 0 radical (unpaired) electrons. The smallest absolute Gasteiger partial charge is 0.338 e. The van der Waals surface area contributed by atoms with E-state index >= 15 is 0 Å². The minimum Gasteiger partial charge on any atom is -0.452 e. The Balaban J connectivity index is 1.66. The molecule has 3 aromatic rings. The van der Waals surface area contributed by atoms with Crippen molar-refractivity contribution in [2.24, 2.45) is 0 Å². The molecule has 0 saturated carbocycles. The van der Waals surface area contributed by atoms with Crippen molar-refractivity contribution in [3.8, 4) is 0 Å². The minimum atomic E-state index is -1.86. The van der Waals surface area contributed by atoms with E-state index in [1.54, 1.807) is 54.6 Å². The van der Waals surface area contributed by atoms with E-state index in [4.69, 9.17) is 18.9 Å². The van der Waals surface area contributed by atoms with Gasteiger partial charge >= 0.3 is 17.9 Å². The Kier molecular flexibility index (Phi) is 8.04. The molecule has 8 nitrogen and oxygen atoms in total. The number of aliphatic hydroxyl groups is 1. The summed E-state index contributed by atoms with van der Waals surface area (Å²) in [6, 6.07) is 23.7. The second kappa shape index (κ2) is 11.6. The van der Waals surface area contributed by atoms with Crippen molar-refractivity contribution in [2.45, 2.75) is 30.7 Å². The molecule has 9 heteroatoms. The Hall–Kier alpha value is -4.08. The van der Waals surface area contributed by atoms with Gasteiger partial charge in [-0.2, -0.15) is 0 Å².